The third kappa shape index (κ3) is 5.85. The average molecular weight is 478 g/mol. The van der Waals surface area contributed by atoms with E-state index in [1.165, 1.54) is 11.1 Å². The molecular formula is C26H33Cl2NO3. The topological polar surface area (TPSA) is 49.8 Å². The number of morpholine rings is 1. The Kier molecular flexibility index (Phi) is 8.62. The van der Waals surface area contributed by atoms with E-state index in [4.69, 9.17) is 27.9 Å². The maximum absolute atomic E-state index is 13.6. The second-order valence-electron chi connectivity index (χ2n) is 9.12. The summed E-state index contributed by atoms with van der Waals surface area (Å²) in [7, 11) is 0. The highest BCUT2D eigenvalue weighted by Crippen LogP contribution is 2.35. The van der Waals surface area contributed by atoms with E-state index in [1.54, 1.807) is 12.1 Å². The quantitative estimate of drug-likeness (QED) is 0.521. The van der Waals surface area contributed by atoms with Crippen molar-refractivity contribution in [2.75, 3.05) is 19.8 Å². The van der Waals surface area contributed by atoms with E-state index in [9.17, 15) is 9.90 Å². The number of carbonyl (C=O) groups is 1. The van der Waals surface area contributed by atoms with Gasteiger partial charge in [0.15, 0.2) is 0 Å². The Bertz CT molecular complexity index is 916. The minimum atomic E-state index is -0.323. The van der Waals surface area contributed by atoms with Gasteiger partial charge in [-0.05, 0) is 52.6 Å². The molecule has 1 aliphatic rings. The Hall–Kier alpha value is -1.59. The van der Waals surface area contributed by atoms with Crippen molar-refractivity contribution in [3.05, 3.63) is 68.7 Å². The molecule has 2 aromatic carbocycles. The van der Waals surface area contributed by atoms with Crippen LogP contribution in [0.2, 0.25) is 10.0 Å². The Morgan fingerprint density at radius 3 is 2.28 bits per heavy atom. The van der Waals surface area contributed by atoms with Crippen molar-refractivity contribution in [1.82, 2.24) is 4.90 Å². The predicted molar refractivity (Wildman–Crippen MR) is 131 cm³/mol. The van der Waals surface area contributed by atoms with Crippen molar-refractivity contribution in [2.45, 2.75) is 64.5 Å². The molecule has 0 saturated carbocycles. The van der Waals surface area contributed by atoms with Crippen molar-refractivity contribution in [3.8, 4) is 0 Å². The standard InChI is InChI=1S/C26H33Cl2NO3/c1-16(2)20-11-18(12-21(14-20)17(3)4)13-25(31)29-8-10-32-24(7-9-30)26(29)19-5-6-22(27)23(28)15-19/h5-6,11-12,14-17,24,26,30H,7-10,13H2,1-4H3. The van der Waals surface area contributed by atoms with E-state index in [1.807, 2.05) is 11.0 Å². The van der Waals surface area contributed by atoms with Crippen LogP contribution in [0.5, 0.6) is 0 Å². The molecule has 1 fully saturated rings. The number of aliphatic hydroxyl groups excluding tert-OH is 1. The van der Waals surface area contributed by atoms with Crippen molar-refractivity contribution in [1.29, 1.82) is 0 Å². The molecule has 6 heteroatoms. The van der Waals surface area contributed by atoms with Crippen LogP contribution in [0, 0.1) is 0 Å². The molecule has 174 valence electrons. The highest BCUT2D eigenvalue weighted by molar-refractivity contribution is 6.42. The normalized spacial score (nSPS) is 19.1. The smallest absolute Gasteiger partial charge is 0.227 e. The number of halogens is 2. The molecule has 1 N–H and O–H groups in total. The summed E-state index contributed by atoms with van der Waals surface area (Å²) in [6, 6.07) is 11.6. The first-order chi connectivity index (χ1) is 15.2. The molecule has 1 saturated heterocycles. The molecule has 0 bridgehead atoms. The Morgan fingerprint density at radius 1 is 1.06 bits per heavy atom. The van der Waals surface area contributed by atoms with Crippen LogP contribution in [-0.4, -0.2) is 41.8 Å². The summed E-state index contributed by atoms with van der Waals surface area (Å²) in [5, 5.41) is 10.5. The molecule has 3 rings (SSSR count). The van der Waals surface area contributed by atoms with Gasteiger partial charge in [0.1, 0.15) is 0 Å². The summed E-state index contributed by atoms with van der Waals surface area (Å²) >= 11 is 12.4. The van der Waals surface area contributed by atoms with Crippen LogP contribution in [-0.2, 0) is 16.0 Å². The van der Waals surface area contributed by atoms with Crippen molar-refractivity contribution < 1.29 is 14.6 Å². The number of benzene rings is 2. The van der Waals surface area contributed by atoms with Gasteiger partial charge in [0.25, 0.3) is 0 Å². The SMILES string of the molecule is CC(C)c1cc(CC(=O)N2CCOC(CCO)C2c2ccc(Cl)c(Cl)c2)cc(C(C)C)c1. The van der Waals surface area contributed by atoms with Gasteiger partial charge in [-0.3, -0.25) is 4.79 Å². The molecular weight excluding hydrogens is 445 g/mol. The highest BCUT2D eigenvalue weighted by atomic mass is 35.5. The first-order valence-electron chi connectivity index (χ1n) is 11.3. The second kappa shape index (κ2) is 11.0. The lowest BCUT2D eigenvalue weighted by atomic mass is 9.91. The van der Waals surface area contributed by atoms with Crippen LogP contribution in [0.1, 0.15) is 74.2 Å². The van der Waals surface area contributed by atoms with Gasteiger partial charge in [-0.25, -0.2) is 0 Å². The molecule has 1 amide bonds. The Morgan fingerprint density at radius 2 is 1.72 bits per heavy atom. The predicted octanol–water partition coefficient (Wildman–Crippen LogP) is 6.13. The average Bonchev–Trinajstić information content (AvgIpc) is 2.75. The zero-order valence-corrected chi connectivity index (χ0v) is 20.8. The zero-order chi connectivity index (χ0) is 23.4. The van der Waals surface area contributed by atoms with Gasteiger partial charge >= 0.3 is 0 Å². The van der Waals surface area contributed by atoms with Crippen LogP contribution in [0.3, 0.4) is 0 Å². The van der Waals surface area contributed by atoms with Gasteiger partial charge < -0.3 is 14.7 Å². The lowest BCUT2D eigenvalue weighted by molar-refractivity contribution is -0.147. The number of amides is 1. The minimum Gasteiger partial charge on any atom is -0.396 e. The lowest BCUT2D eigenvalue weighted by Crippen LogP contribution is -2.49. The molecule has 0 aliphatic carbocycles. The molecule has 4 nitrogen and oxygen atoms in total. The fourth-order valence-electron chi connectivity index (χ4n) is 4.26. The number of hydrogen-bond donors (Lipinski definition) is 1. The zero-order valence-electron chi connectivity index (χ0n) is 19.3. The number of hydrogen-bond acceptors (Lipinski definition) is 3. The molecule has 2 atom stereocenters. The first-order valence-corrected chi connectivity index (χ1v) is 12.1. The summed E-state index contributed by atoms with van der Waals surface area (Å²) in [5.74, 6) is 0.829. The molecule has 2 unspecified atom stereocenters. The molecule has 1 heterocycles. The van der Waals surface area contributed by atoms with Crippen LogP contribution < -0.4 is 0 Å². The number of aliphatic hydroxyl groups is 1. The third-order valence-electron chi connectivity index (χ3n) is 6.10. The summed E-state index contributed by atoms with van der Waals surface area (Å²) in [6.07, 6.45) is 0.460. The molecule has 2 aromatic rings. The summed E-state index contributed by atoms with van der Waals surface area (Å²) in [5.41, 5.74) is 4.40. The van der Waals surface area contributed by atoms with Gasteiger partial charge in [-0.2, -0.15) is 0 Å². The van der Waals surface area contributed by atoms with Gasteiger partial charge in [0, 0.05) is 13.2 Å². The van der Waals surface area contributed by atoms with Gasteiger partial charge in [-0.15, -0.1) is 0 Å². The number of rotatable bonds is 7. The fraction of sp³-hybridized carbons (Fsp3) is 0.500. The lowest BCUT2D eigenvalue weighted by Gasteiger charge is -2.41. The molecule has 0 radical (unpaired) electrons. The monoisotopic (exact) mass is 477 g/mol. The second-order valence-corrected chi connectivity index (χ2v) is 9.94. The van der Waals surface area contributed by atoms with Gasteiger partial charge in [0.05, 0.1) is 35.2 Å². The largest absolute Gasteiger partial charge is 0.396 e. The molecule has 0 spiro atoms. The van der Waals surface area contributed by atoms with Crippen LogP contribution in [0.25, 0.3) is 0 Å². The number of nitrogens with zero attached hydrogens (tertiary/aromatic N) is 1. The molecule has 1 aliphatic heterocycles. The maximum Gasteiger partial charge on any atom is 0.227 e. The molecule has 32 heavy (non-hydrogen) atoms. The highest BCUT2D eigenvalue weighted by Gasteiger charge is 2.36. The van der Waals surface area contributed by atoms with E-state index in [2.05, 4.69) is 45.9 Å². The van der Waals surface area contributed by atoms with Gasteiger partial charge in [-0.1, -0.05) is 75.2 Å². The minimum absolute atomic E-state index is 0.0152. The number of carbonyl (C=O) groups excluding carboxylic acids is 1. The van der Waals surface area contributed by atoms with Crippen molar-refractivity contribution in [3.63, 3.8) is 0 Å². The first kappa shape index (κ1) is 25.0. The van der Waals surface area contributed by atoms with Crippen LogP contribution in [0.15, 0.2) is 36.4 Å². The summed E-state index contributed by atoms with van der Waals surface area (Å²) in [4.78, 5) is 15.4. The molecule has 0 aromatic heterocycles. The Balaban J connectivity index is 1.93. The van der Waals surface area contributed by atoms with E-state index in [-0.39, 0.29) is 24.7 Å². The Labute approximate surface area is 201 Å². The summed E-state index contributed by atoms with van der Waals surface area (Å²) < 4.78 is 5.96. The van der Waals surface area contributed by atoms with E-state index < -0.39 is 0 Å². The van der Waals surface area contributed by atoms with Crippen molar-refractivity contribution in [2.24, 2.45) is 0 Å². The van der Waals surface area contributed by atoms with Crippen LogP contribution >= 0.6 is 23.2 Å². The van der Waals surface area contributed by atoms with Crippen molar-refractivity contribution >= 4 is 29.1 Å². The van der Waals surface area contributed by atoms with Gasteiger partial charge in [0.2, 0.25) is 5.91 Å². The fourth-order valence-corrected chi connectivity index (χ4v) is 4.57. The maximum atomic E-state index is 13.6. The van der Waals surface area contributed by atoms with E-state index in [0.717, 1.165) is 11.1 Å². The summed E-state index contributed by atoms with van der Waals surface area (Å²) in [6.45, 7) is 9.61. The van der Waals surface area contributed by atoms with E-state index in [0.29, 0.717) is 47.9 Å². The number of ether oxygens (including phenoxy) is 1. The van der Waals surface area contributed by atoms with E-state index >= 15 is 0 Å². The third-order valence-corrected chi connectivity index (χ3v) is 6.84. The van der Waals surface area contributed by atoms with Crippen LogP contribution in [0.4, 0.5) is 0 Å².